The van der Waals surface area contributed by atoms with E-state index in [9.17, 15) is 38.7 Å². The first-order valence-electron chi connectivity index (χ1n) is 33.6. The van der Waals surface area contributed by atoms with Gasteiger partial charge < -0.3 is 85.7 Å². The predicted molar refractivity (Wildman–Crippen MR) is 370 cm³/mol. The Balaban J connectivity index is 0. The molecule has 1 saturated heterocycles. The zero-order valence-electron chi connectivity index (χ0n) is 63.2. The number of rotatable bonds is 19. The van der Waals surface area contributed by atoms with Crippen LogP contribution in [-0.2, 0) is 118 Å². The maximum absolute atomic E-state index is 15.4. The molecule has 0 saturated carbocycles. The van der Waals surface area contributed by atoms with E-state index < -0.39 is 155 Å². The van der Waals surface area contributed by atoms with E-state index in [-0.39, 0.29) is 111 Å². The van der Waals surface area contributed by atoms with Gasteiger partial charge >= 0.3 is 21.1 Å². The molecule has 1 aliphatic rings. The normalized spacial score (nSPS) is 25.3. The number of aryl methyl sites for hydroxylation is 1. The summed E-state index contributed by atoms with van der Waals surface area (Å²) in [5.41, 5.74) is 2.07. The van der Waals surface area contributed by atoms with E-state index in [1.54, 1.807) is 55.4 Å². The van der Waals surface area contributed by atoms with Crippen molar-refractivity contribution >= 4 is 65.0 Å². The second kappa shape index (κ2) is 43.7. The van der Waals surface area contributed by atoms with Gasteiger partial charge in [0, 0.05) is 88.6 Å². The number of carbonyl (C=O) groups excluding carboxylic acids is 11. The molecule has 0 aromatic heterocycles. The number of nitrogens with zero attached hydrogens (tertiary/aromatic N) is 7. The largest absolute Gasteiger partial charge is 2.00 e. The van der Waals surface area contributed by atoms with Crippen LogP contribution in [-0.4, -0.2) is 233 Å². The van der Waals surface area contributed by atoms with Crippen molar-refractivity contribution in [1.29, 1.82) is 0 Å². The van der Waals surface area contributed by atoms with Gasteiger partial charge in [-0.1, -0.05) is 113 Å². The number of ether oxygens (including phenoxy) is 1. The summed E-state index contributed by atoms with van der Waals surface area (Å²) in [6, 6.07) is -6.33. The van der Waals surface area contributed by atoms with Gasteiger partial charge in [0.2, 0.25) is 65.0 Å². The van der Waals surface area contributed by atoms with Crippen LogP contribution in [0.15, 0.2) is 24.3 Å². The van der Waals surface area contributed by atoms with Gasteiger partial charge in [0.25, 0.3) is 0 Å². The third-order valence-corrected chi connectivity index (χ3v) is 17.8. The van der Waals surface area contributed by atoms with Crippen LogP contribution in [0.3, 0.4) is 0 Å². The van der Waals surface area contributed by atoms with Crippen molar-refractivity contribution in [3.8, 4) is 0 Å². The molecule has 1 radical (unpaired) electrons. The van der Waals surface area contributed by atoms with Crippen LogP contribution >= 0.6 is 0 Å². The molecule has 11 amide bonds. The molecule has 1 aromatic rings. The second-order valence-corrected chi connectivity index (χ2v) is 28.5. The van der Waals surface area contributed by atoms with Crippen molar-refractivity contribution < 1.29 is 116 Å². The van der Waals surface area contributed by atoms with Crippen molar-refractivity contribution in [2.24, 2.45) is 35.5 Å². The number of amides is 11. The van der Waals surface area contributed by atoms with Crippen molar-refractivity contribution in [1.82, 2.24) is 55.6 Å². The van der Waals surface area contributed by atoms with Gasteiger partial charge in [-0.25, -0.2) is 0 Å². The molecule has 1 aliphatic heterocycles. The van der Waals surface area contributed by atoms with E-state index in [1.165, 1.54) is 82.8 Å². The van der Waals surface area contributed by atoms with Gasteiger partial charge in [0.05, 0.1) is 18.8 Å². The molecule has 26 heteroatoms. The fraction of sp³-hybridized carbons (Fsp3) is 0.718. The number of likely N-dealkylation sites (N-methyl/N-ethyl adjacent to an activating group) is 7. The van der Waals surface area contributed by atoms with Crippen LogP contribution in [0.1, 0.15) is 167 Å². The maximum atomic E-state index is 15.4. The Morgan fingerprint density at radius 2 is 1.01 bits per heavy atom. The first-order chi connectivity index (χ1) is 43.5. The minimum Gasteiger partial charge on any atom is -0.390 e. The van der Waals surface area contributed by atoms with E-state index in [1.807, 2.05) is 72.7 Å². The van der Waals surface area contributed by atoms with E-state index >= 15 is 19.2 Å². The number of benzene rings is 1. The Morgan fingerprint density at radius 1 is 0.546 bits per heavy atom. The number of nitrogens with one attached hydrogen (secondary N) is 4. The molecule has 0 aliphatic carbocycles. The molecule has 5 N–H and O–H groups in total. The second-order valence-electron chi connectivity index (χ2n) is 28.5. The Kier molecular flexibility index (Phi) is 42.4. The van der Waals surface area contributed by atoms with Gasteiger partial charge in [0.1, 0.15) is 54.4 Å². The summed E-state index contributed by atoms with van der Waals surface area (Å²) >= 11 is 0. The smallest absolute Gasteiger partial charge is 0.390 e. The average Bonchev–Trinajstić information content (AvgIpc) is 0.812. The molecule has 1 heterocycles. The molecule has 549 valence electrons. The van der Waals surface area contributed by atoms with Crippen molar-refractivity contribution in [2.45, 2.75) is 242 Å². The van der Waals surface area contributed by atoms with Crippen LogP contribution in [0.25, 0.3) is 0 Å². The minimum atomic E-state index is -1.67. The summed E-state index contributed by atoms with van der Waals surface area (Å²) < 4.78 is 5.99. The third kappa shape index (κ3) is 27.2. The Hall–Kier alpha value is -4.90. The monoisotopic (exact) mass is 1610 g/mol. The number of aliphatic hydroxyl groups excluding tert-OH is 1. The molecule has 24 nitrogen and oxygen atoms in total. The standard InChI is InChI=1S/C70H119N11O13.CH3.W.Y/c1-26-51-66(89)75(19)49(18)65(88)76(20)53(34-40(4)5)62(85)74-56(43(10)11)69(92)77(21)52(33-39(2)3)61(84)71-47(16)60(83)72-48(17)64(87)78(22)54(35-41(6)7)67(90)79(23)55(36-42(8)9)68(91)80(24)57(44(12)13)70(93)81(25)58(63(86)73-51)59(82)46(15)30-28-32-94-38-50-31-27-29-45(14)37-50;;;/h27,29,31,37,39,41-44,46-49,51-59,82H,18,26,28,30,32-36,38H2,1-17,19-25H3,(H,71,84)(H,72,83)(H,73,86)(H,74,85);1H3;;/q-2;-1;+2;/t46-,47+,48-,49-,51+,52+,53+,54+,55+,56+,57+,58+,59-;;;/m1.../s1. The van der Waals surface area contributed by atoms with Gasteiger partial charge in [-0.05, 0) is 106 Å². The van der Waals surface area contributed by atoms with E-state index in [2.05, 4.69) is 28.2 Å². The zero-order valence-corrected chi connectivity index (χ0v) is 69.0. The number of aliphatic hydroxyl groups is 1. The van der Waals surface area contributed by atoms with Crippen molar-refractivity contribution in [2.75, 3.05) is 55.9 Å². The summed E-state index contributed by atoms with van der Waals surface area (Å²) in [6.45, 7) is 34.5. The van der Waals surface area contributed by atoms with Gasteiger partial charge in [-0.3, -0.25) is 52.7 Å². The third-order valence-electron chi connectivity index (χ3n) is 17.8. The van der Waals surface area contributed by atoms with Gasteiger partial charge in [0.15, 0.2) is 0 Å². The molecule has 1 fully saturated rings. The fourth-order valence-electron chi connectivity index (χ4n) is 11.9. The molecule has 0 unspecified atom stereocenters. The van der Waals surface area contributed by atoms with Crippen LogP contribution in [0.4, 0.5) is 0 Å². The Labute approximate surface area is 621 Å². The zero-order chi connectivity index (χ0) is 72.2. The van der Waals surface area contributed by atoms with E-state index in [0.29, 0.717) is 26.1 Å². The van der Waals surface area contributed by atoms with E-state index in [0.717, 1.165) is 31.7 Å². The van der Waals surface area contributed by atoms with Crippen molar-refractivity contribution in [3.05, 3.63) is 55.7 Å². The Bertz CT molecular complexity index is 2740. The summed E-state index contributed by atoms with van der Waals surface area (Å²) in [5.74, 6) is -9.39. The summed E-state index contributed by atoms with van der Waals surface area (Å²) in [6.07, 6.45) is -0.344. The summed E-state index contributed by atoms with van der Waals surface area (Å²) in [7, 11) is 9.82. The van der Waals surface area contributed by atoms with Crippen LogP contribution < -0.4 is 21.3 Å². The Morgan fingerprint density at radius 3 is 1.49 bits per heavy atom. The SMILES string of the molecule is [CH2-][C@@H]1C(=O)N(C)[C@@H](C[C-](C)C)C(=O)N[C@@H](C(C)C)C(=O)N(C)[C@@H](CC(C)C)C(=O)N[C@@H](C)C(=O)N[C@H](C)C(=O)N(C)[C@@H](CC(C)C)C(=O)N(C)[C@@H](CC(C)C)C(=O)N(C)[C@@H](C(C)C)C(=O)N(C)[C@@H]([C@H](O)[C@H](C)CCCOCc2cccc(C)c2)C(=O)N[C@@H](CC)C(=O)N1C.[CH3-].[W+2].[Y]. The van der Waals surface area contributed by atoms with Crippen LogP contribution in [0.2, 0.25) is 0 Å². The van der Waals surface area contributed by atoms with Crippen molar-refractivity contribution in [3.63, 3.8) is 0 Å². The van der Waals surface area contributed by atoms with Gasteiger partial charge in [-0.15, -0.1) is 6.42 Å². The molecule has 0 spiro atoms. The average molecular weight is 1610 g/mol. The molecule has 0 bridgehead atoms. The van der Waals surface area contributed by atoms with Crippen LogP contribution in [0.5, 0.6) is 0 Å². The fourth-order valence-corrected chi connectivity index (χ4v) is 11.9. The predicted octanol–water partition coefficient (Wildman–Crippen LogP) is 5.21. The number of hydrogen-bond donors (Lipinski definition) is 5. The molecule has 97 heavy (non-hydrogen) atoms. The quantitative estimate of drug-likeness (QED) is 0.0879. The molecular weight excluding hydrogens is 1490 g/mol. The molecular formula is C71H122N11O13WY-. The summed E-state index contributed by atoms with van der Waals surface area (Å²) in [4.78, 5) is 171. The molecule has 1 aromatic carbocycles. The minimum absolute atomic E-state index is 0. The molecule has 2 rings (SSSR count). The van der Waals surface area contributed by atoms with Crippen LogP contribution in [0, 0.1) is 62.7 Å². The first-order valence-corrected chi connectivity index (χ1v) is 33.6. The van der Waals surface area contributed by atoms with Gasteiger partial charge in [-0.2, -0.15) is 13.8 Å². The summed E-state index contributed by atoms with van der Waals surface area (Å²) in [5, 5.41) is 23.5. The topological polar surface area (TPSA) is 288 Å². The molecule has 13 atom stereocenters. The number of hydrogen-bond acceptors (Lipinski definition) is 13. The van der Waals surface area contributed by atoms with E-state index in [4.69, 9.17) is 4.74 Å². The first kappa shape index (κ1) is 94.2. The number of carbonyl (C=O) groups is 11. The maximum Gasteiger partial charge on any atom is 2.00 e.